The second-order valence-electron chi connectivity index (χ2n) is 7.65. The van der Waals surface area contributed by atoms with Crippen molar-refractivity contribution in [2.45, 2.75) is 25.3 Å². The number of aromatic nitrogens is 3. The maximum atomic E-state index is 9.25. The molecule has 0 spiro atoms. The fourth-order valence-electron chi connectivity index (χ4n) is 4.40. The maximum Gasteiger partial charge on any atom is 0.123 e. The summed E-state index contributed by atoms with van der Waals surface area (Å²) < 4.78 is 2.11. The molecule has 2 bridgehead atoms. The van der Waals surface area contributed by atoms with Gasteiger partial charge in [0, 0.05) is 23.9 Å². The van der Waals surface area contributed by atoms with Gasteiger partial charge in [-0.25, -0.2) is 4.68 Å². The van der Waals surface area contributed by atoms with Crippen LogP contribution in [-0.2, 0) is 0 Å². The molecule has 0 aromatic carbocycles. The van der Waals surface area contributed by atoms with Crippen LogP contribution in [0.5, 0.6) is 0 Å². The number of hydrogen-bond donors (Lipinski definition) is 1. The summed E-state index contributed by atoms with van der Waals surface area (Å²) in [4.78, 5) is 4.98. The number of hydrogen-bond acceptors (Lipinski definition) is 5. The lowest BCUT2D eigenvalue weighted by Gasteiger charge is -2.44. The minimum absolute atomic E-state index is 0.221. The van der Waals surface area contributed by atoms with Gasteiger partial charge < -0.3 is 10.0 Å². The predicted octanol–water partition coefficient (Wildman–Crippen LogP) is 3.23. The Bertz CT molecular complexity index is 844. The molecule has 0 amide bonds. The van der Waals surface area contributed by atoms with Gasteiger partial charge >= 0.3 is 0 Å². The highest BCUT2D eigenvalue weighted by Gasteiger charge is 2.35. The molecule has 1 unspecified atom stereocenters. The van der Waals surface area contributed by atoms with Crippen LogP contribution in [0, 0.1) is 11.8 Å². The smallest absolute Gasteiger partial charge is 0.123 e. The summed E-state index contributed by atoms with van der Waals surface area (Å²) in [5, 5.41) is 18.2. The van der Waals surface area contributed by atoms with Gasteiger partial charge in [-0.2, -0.15) is 0 Å². The summed E-state index contributed by atoms with van der Waals surface area (Å²) in [5.41, 5.74) is 2.22. The minimum atomic E-state index is 0.221. The first kappa shape index (κ1) is 16.4. The summed E-state index contributed by atoms with van der Waals surface area (Å²) in [5.74, 6) is 1.02. The molecule has 3 fully saturated rings. The van der Waals surface area contributed by atoms with E-state index in [2.05, 4.69) is 56.5 Å². The van der Waals surface area contributed by atoms with Crippen LogP contribution in [0.2, 0.25) is 0 Å². The number of thiophene rings is 1. The fraction of sp³-hybridized carbons (Fsp3) is 0.500. The molecule has 5 nitrogen and oxygen atoms in total. The van der Waals surface area contributed by atoms with E-state index in [9.17, 15) is 5.11 Å². The number of allylic oxidation sites excluding steroid dienone is 3. The molecule has 1 aliphatic carbocycles. The molecular weight excluding hydrogens is 344 g/mol. The zero-order chi connectivity index (χ0) is 17.5. The number of aliphatic hydroxyl groups is 1. The molecule has 1 N–H and O–H groups in total. The van der Waals surface area contributed by atoms with Crippen molar-refractivity contribution in [3.8, 4) is 10.6 Å². The van der Waals surface area contributed by atoms with Crippen molar-refractivity contribution in [1.82, 2.24) is 19.9 Å². The number of fused-ring (bicyclic) bond motifs is 3. The summed E-state index contributed by atoms with van der Waals surface area (Å²) in [6.45, 7) is 3.83. The second-order valence-corrected chi connectivity index (χ2v) is 8.73. The van der Waals surface area contributed by atoms with Gasteiger partial charge in [0.1, 0.15) is 5.69 Å². The Morgan fingerprint density at radius 3 is 2.73 bits per heavy atom. The van der Waals surface area contributed by atoms with Crippen molar-refractivity contribution < 1.29 is 5.11 Å². The standard InChI is InChI=1S/C20H24N4OS/c25-13-14-1-3-16(4-2-14)19-5-6-20(26-19)17-11-24(22-21-17)18-12-23-9-7-15(18)8-10-23/h1,3-6,11,14-15,18,25H,2,7-10,12-13H2/t14?,18-/m0/s1. The number of rotatable bonds is 4. The van der Waals surface area contributed by atoms with Crippen LogP contribution in [0.4, 0.5) is 0 Å². The third-order valence-electron chi connectivity index (χ3n) is 6.04. The van der Waals surface area contributed by atoms with Crippen LogP contribution >= 0.6 is 11.3 Å². The molecule has 2 atom stereocenters. The lowest BCUT2D eigenvalue weighted by atomic mass is 9.84. The van der Waals surface area contributed by atoms with Crippen LogP contribution < -0.4 is 0 Å². The maximum absolute atomic E-state index is 9.25. The molecular formula is C20H24N4OS. The van der Waals surface area contributed by atoms with Crippen molar-refractivity contribution in [1.29, 1.82) is 0 Å². The molecule has 26 heavy (non-hydrogen) atoms. The van der Waals surface area contributed by atoms with Gasteiger partial charge in [-0.15, -0.1) is 16.4 Å². The van der Waals surface area contributed by atoms with E-state index in [0.29, 0.717) is 6.04 Å². The van der Waals surface area contributed by atoms with Gasteiger partial charge in [-0.3, -0.25) is 0 Å². The summed E-state index contributed by atoms with van der Waals surface area (Å²) in [7, 11) is 0. The van der Waals surface area contributed by atoms with Crippen LogP contribution in [-0.4, -0.2) is 51.2 Å². The minimum Gasteiger partial charge on any atom is -0.396 e. The molecule has 0 radical (unpaired) electrons. The van der Waals surface area contributed by atoms with E-state index in [4.69, 9.17) is 0 Å². The third-order valence-corrected chi connectivity index (χ3v) is 7.19. The normalized spacial score (nSPS) is 30.6. The first-order valence-corrected chi connectivity index (χ1v) is 10.4. The van der Waals surface area contributed by atoms with E-state index in [-0.39, 0.29) is 12.5 Å². The first-order valence-electron chi connectivity index (χ1n) is 9.54. The molecule has 3 aliphatic heterocycles. The third kappa shape index (κ3) is 2.96. The largest absolute Gasteiger partial charge is 0.396 e. The number of nitrogens with zero attached hydrogens (tertiary/aromatic N) is 4. The molecule has 136 valence electrons. The lowest BCUT2D eigenvalue weighted by molar-refractivity contribution is 0.0504. The van der Waals surface area contributed by atoms with Gasteiger partial charge in [0.25, 0.3) is 0 Å². The Balaban J connectivity index is 1.34. The van der Waals surface area contributed by atoms with Crippen molar-refractivity contribution in [3.63, 3.8) is 0 Å². The molecule has 6 rings (SSSR count). The molecule has 6 heteroatoms. The Kier molecular flexibility index (Phi) is 4.27. The van der Waals surface area contributed by atoms with Crippen LogP contribution in [0.15, 0.2) is 36.6 Å². The Labute approximate surface area is 157 Å². The van der Waals surface area contributed by atoms with E-state index in [1.165, 1.54) is 41.3 Å². The van der Waals surface area contributed by atoms with Crippen LogP contribution in [0.25, 0.3) is 16.1 Å². The molecule has 0 saturated carbocycles. The Hall–Kier alpha value is -1.76. The summed E-state index contributed by atoms with van der Waals surface area (Å²) >= 11 is 1.77. The van der Waals surface area contributed by atoms with Gasteiger partial charge in [-0.05, 0) is 56.0 Å². The highest BCUT2D eigenvalue weighted by Crippen LogP contribution is 2.37. The van der Waals surface area contributed by atoms with E-state index in [0.717, 1.165) is 24.6 Å². The fourth-order valence-corrected chi connectivity index (χ4v) is 5.38. The summed E-state index contributed by atoms with van der Waals surface area (Å²) in [6.07, 6.45) is 12.1. The Morgan fingerprint density at radius 1 is 1.19 bits per heavy atom. The van der Waals surface area contributed by atoms with Crippen molar-refractivity contribution in [2.24, 2.45) is 11.8 Å². The SMILES string of the molecule is OCC1C=CC(c2ccc(-c3cn([C@H]4CN5CCC4CC5)nn3)s2)=CC1. The average Bonchev–Trinajstić information content (AvgIpc) is 3.38. The monoisotopic (exact) mass is 368 g/mol. The van der Waals surface area contributed by atoms with E-state index >= 15 is 0 Å². The van der Waals surface area contributed by atoms with E-state index in [1.807, 2.05) is 0 Å². The van der Waals surface area contributed by atoms with Crippen LogP contribution in [0.3, 0.4) is 0 Å². The van der Waals surface area contributed by atoms with E-state index in [1.54, 1.807) is 11.3 Å². The molecule has 2 aromatic rings. The van der Waals surface area contributed by atoms with E-state index < -0.39 is 0 Å². The van der Waals surface area contributed by atoms with Gasteiger partial charge in [0.05, 0.1) is 17.1 Å². The van der Waals surface area contributed by atoms with Crippen LogP contribution in [0.1, 0.15) is 30.2 Å². The molecule has 2 aromatic heterocycles. The predicted molar refractivity (Wildman–Crippen MR) is 104 cm³/mol. The van der Waals surface area contributed by atoms with Crippen molar-refractivity contribution in [3.05, 3.63) is 41.4 Å². The lowest BCUT2D eigenvalue weighted by Crippen LogP contribution is -2.48. The highest BCUT2D eigenvalue weighted by molar-refractivity contribution is 7.16. The Morgan fingerprint density at radius 2 is 2.04 bits per heavy atom. The number of aliphatic hydroxyl groups excluding tert-OH is 1. The zero-order valence-corrected chi connectivity index (χ0v) is 15.6. The van der Waals surface area contributed by atoms with Crippen molar-refractivity contribution >= 4 is 16.9 Å². The number of piperidine rings is 3. The first-order chi connectivity index (χ1) is 12.8. The molecule has 5 heterocycles. The summed E-state index contributed by atoms with van der Waals surface area (Å²) in [6, 6.07) is 4.80. The van der Waals surface area contributed by atoms with Gasteiger partial charge in [-0.1, -0.05) is 23.4 Å². The highest BCUT2D eigenvalue weighted by atomic mass is 32.1. The van der Waals surface area contributed by atoms with Gasteiger partial charge in [0.15, 0.2) is 0 Å². The zero-order valence-electron chi connectivity index (χ0n) is 14.8. The topological polar surface area (TPSA) is 54.2 Å². The quantitative estimate of drug-likeness (QED) is 0.900. The molecule has 4 aliphatic rings. The average molecular weight is 369 g/mol. The van der Waals surface area contributed by atoms with Gasteiger partial charge in [0.2, 0.25) is 0 Å². The molecule has 3 saturated heterocycles. The second kappa shape index (κ2) is 6.76. The van der Waals surface area contributed by atoms with Crippen molar-refractivity contribution in [2.75, 3.05) is 26.2 Å².